The molecule has 2 aliphatic rings. The van der Waals surface area contributed by atoms with Crippen molar-refractivity contribution in [3.63, 3.8) is 0 Å². The van der Waals surface area contributed by atoms with Gasteiger partial charge in [-0.05, 0) is 31.9 Å². The third kappa shape index (κ3) is 3.58. The van der Waals surface area contributed by atoms with Crippen LogP contribution in [0.15, 0.2) is 22.7 Å². The Hall–Kier alpha value is -1.27. The molecule has 1 aromatic heterocycles. The molecule has 140 valence electrons. The number of likely N-dealkylation sites (tertiary alicyclic amines) is 1. The molecule has 1 amide bonds. The van der Waals surface area contributed by atoms with Crippen LogP contribution in [0.25, 0.3) is 11.3 Å². The number of rotatable bonds is 3. The molecule has 0 spiro atoms. The first-order chi connectivity index (χ1) is 12.0. The lowest BCUT2D eigenvalue weighted by molar-refractivity contribution is -0.131. The van der Waals surface area contributed by atoms with Crippen LogP contribution in [0, 0.1) is 6.92 Å². The molecule has 2 atom stereocenters. The molecule has 8 heteroatoms. The number of hydrogen-bond donors (Lipinski definition) is 1. The van der Waals surface area contributed by atoms with Gasteiger partial charge in [-0.3, -0.25) is 4.79 Å². The lowest BCUT2D eigenvalue weighted by Crippen LogP contribution is -2.37. The fourth-order valence-corrected chi connectivity index (χ4v) is 4.33. The second kappa shape index (κ2) is 7.77. The molecular formula is C18H20Cl3N3O2. The van der Waals surface area contributed by atoms with Crippen molar-refractivity contribution in [1.29, 1.82) is 0 Å². The standard InChI is InChI=1S/C18H19Cl2N3O2.ClH/c1-10-13(9-23-8-12-6-5-11(21-12)7-16(23)24)18(22-25-10)17-14(19)3-2-4-15(17)20;/h2-4,11-12,21H,5-9H2,1H3;1H/t11-,12+;/m1./s1. The number of benzene rings is 1. The Morgan fingerprint density at radius 2 is 1.96 bits per heavy atom. The van der Waals surface area contributed by atoms with Crippen molar-refractivity contribution >= 4 is 41.5 Å². The smallest absolute Gasteiger partial charge is 0.224 e. The maximum atomic E-state index is 12.6. The first-order valence-corrected chi connectivity index (χ1v) is 9.22. The van der Waals surface area contributed by atoms with Gasteiger partial charge in [0, 0.05) is 36.2 Å². The van der Waals surface area contributed by atoms with E-state index in [1.807, 2.05) is 11.8 Å². The highest BCUT2D eigenvalue weighted by Crippen LogP contribution is 2.37. The monoisotopic (exact) mass is 415 g/mol. The minimum Gasteiger partial charge on any atom is -0.361 e. The van der Waals surface area contributed by atoms with E-state index >= 15 is 0 Å². The van der Waals surface area contributed by atoms with Crippen LogP contribution in [0.2, 0.25) is 10.0 Å². The Labute approximate surface area is 168 Å². The highest BCUT2D eigenvalue weighted by Gasteiger charge is 2.34. The lowest BCUT2D eigenvalue weighted by Gasteiger charge is -2.24. The van der Waals surface area contributed by atoms with Crippen LogP contribution in [-0.4, -0.2) is 34.6 Å². The van der Waals surface area contributed by atoms with E-state index in [9.17, 15) is 4.79 Å². The van der Waals surface area contributed by atoms with Crippen LogP contribution in [0.1, 0.15) is 30.6 Å². The summed E-state index contributed by atoms with van der Waals surface area (Å²) in [5.41, 5.74) is 2.13. The normalized spacial score (nSPS) is 22.3. The van der Waals surface area contributed by atoms with Gasteiger partial charge in [0.05, 0.1) is 16.6 Å². The number of carbonyl (C=O) groups excluding carboxylic acids is 1. The van der Waals surface area contributed by atoms with E-state index in [0.29, 0.717) is 58.7 Å². The molecule has 2 aliphatic heterocycles. The third-order valence-electron chi connectivity index (χ3n) is 5.08. The molecule has 2 bridgehead atoms. The molecule has 3 heterocycles. The Kier molecular flexibility index (Phi) is 5.82. The topological polar surface area (TPSA) is 58.4 Å². The second-order valence-electron chi connectivity index (χ2n) is 6.78. The van der Waals surface area contributed by atoms with Crippen LogP contribution < -0.4 is 5.32 Å². The first-order valence-electron chi connectivity index (χ1n) is 8.46. The Morgan fingerprint density at radius 1 is 1.27 bits per heavy atom. The van der Waals surface area contributed by atoms with Gasteiger partial charge in [0.1, 0.15) is 11.5 Å². The average molecular weight is 417 g/mol. The quantitative estimate of drug-likeness (QED) is 0.813. The fraction of sp³-hybridized carbons (Fsp3) is 0.444. The SMILES string of the molecule is Cc1onc(-c2c(Cl)cccc2Cl)c1CN1C[C@@H]2CC[C@H](CC1=O)N2.Cl. The average Bonchev–Trinajstić information content (AvgIpc) is 3.10. The molecular weight excluding hydrogens is 397 g/mol. The summed E-state index contributed by atoms with van der Waals surface area (Å²) in [5, 5.41) is 8.74. The molecule has 4 rings (SSSR count). The van der Waals surface area contributed by atoms with Gasteiger partial charge in [0.2, 0.25) is 5.91 Å². The predicted octanol–water partition coefficient (Wildman–Crippen LogP) is 4.23. The number of carbonyl (C=O) groups is 1. The number of nitrogens with zero attached hydrogens (tertiary/aromatic N) is 2. The lowest BCUT2D eigenvalue weighted by atomic mass is 10.0. The Morgan fingerprint density at radius 3 is 2.69 bits per heavy atom. The van der Waals surface area contributed by atoms with E-state index in [1.54, 1.807) is 18.2 Å². The van der Waals surface area contributed by atoms with Gasteiger partial charge in [-0.1, -0.05) is 34.4 Å². The molecule has 0 aliphatic carbocycles. The molecule has 2 saturated heterocycles. The highest BCUT2D eigenvalue weighted by atomic mass is 35.5. The van der Waals surface area contributed by atoms with Gasteiger partial charge in [-0.15, -0.1) is 12.4 Å². The molecule has 1 aromatic carbocycles. The summed E-state index contributed by atoms with van der Waals surface area (Å²) in [4.78, 5) is 14.5. The van der Waals surface area contributed by atoms with Gasteiger partial charge >= 0.3 is 0 Å². The van der Waals surface area contributed by atoms with Gasteiger partial charge in [-0.2, -0.15) is 0 Å². The van der Waals surface area contributed by atoms with E-state index in [-0.39, 0.29) is 18.3 Å². The summed E-state index contributed by atoms with van der Waals surface area (Å²) in [7, 11) is 0. The zero-order valence-electron chi connectivity index (χ0n) is 14.3. The van der Waals surface area contributed by atoms with Crippen LogP contribution in [0.3, 0.4) is 0 Å². The Bertz CT molecular complexity index is 804. The number of aryl methyl sites for hydroxylation is 1. The van der Waals surface area contributed by atoms with Crippen LogP contribution in [0.5, 0.6) is 0 Å². The van der Waals surface area contributed by atoms with E-state index in [1.165, 1.54) is 0 Å². The molecule has 26 heavy (non-hydrogen) atoms. The molecule has 0 unspecified atom stereocenters. The van der Waals surface area contributed by atoms with Crippen molar-refractivity contribution in [2.24, 2.45) is 0 Å². The number of amides is 1. The molecule has 2 aromatic rings. The first kappa shape index (κ1) is 19.5. The van der Waals surface area contributed by atoms with Crippen molar-refractivity contribution in [2.45, 2.75) is 44.8 Å². The fourth-order valence-electron chi connectivity index (χ4n) is 3.76. The second-order valence-corrected chi connectivity index (χ2v) is 7.59. The maximum Gasteiger partial charge on any atom is 0.224 e. The van der Waals surface area contributed by atoms with Gasteiger partial charge in [0.15, 0.2) is 0 Å². The van der Waals surface area contributed by atoms with Crippen molar-refractivity contribution in [3.8, 4) is 11.3 Å². The summed E-state index contributed by atoms with van der Waals surface area (Å²) in [5.74, 6) is 0.845. The predicted molar refractivity (Wildman–Crippen MR) is 104 cm³/mol. The number of nitrogens with one attached hydrogen (secondary N) is 1. The largest absolute Gasteiger partial charge is 0.361 e. The molecule has 5 nitrogen and oxygen atoms in total. The third-order valence-corrected chi connectivity index (χ3v) is 5.71. The van der Waals surface area contributed by atoms with Crippen molar-refractivity contribution < 1.29 is 9.32 Å². The van der Waals surface area contributed by atoms with Gasteiger partial charge in [-0.25, -0.2) is 0 Å². The molecule has 1 N–H and O–H groups in total. The molecule has 0 saturated carbocycles. The minimum absolute atomic E-state index is 0. The number of halogens is 3. The van der Waals surface area contributed by atoms with E-state index in [2.05, 4.69) is 10.5 Å². The summed E-state index contributed by atoms with van der Waals surface area (Å²) < 4.78 is 5.41. The zero-order valence-corrected chi connectivity index (χ0v) is 16.6. The number of hydrogen-bond acceptors (Lipinski definition) is 4. The van der Waals surface area contributed by atoms with Crippen molar-refractivity contribution in [2.75, 3.05) is 6.54 Å². The Balaban J connectivity index is 0.00000196. The number of fused-ring (bicyclic) bond motifs is 2. The molecule has 2 fully saturated rings. The van der Waals surface area contributed by atoms with E-state index in [4.69, 9.17) is 27.7 Å². The van der Waals surface area contributed by atoms with Crippen LogP contribution in [0.4, 0.5) is 0 Å². The summed E-state index contributed by atoms with van der Waals surface area (Å²) in [6, 6.07) is 6.02. The van der Waals surface area contributed by atoms with Crippen molar-refractivity contribution in [3.05, 3.63) is 39.6 Å². The van der Waals surface area contributed by atoms with E-state index < -0.39 is 0 Å². The number of aromatic nitrogens is 1. The minimum atomic E-state index is 0. The summed E-state index contributed by atoms with van der Waals surface area (Å²) in [6.07, 6.45) is 2.74. The summed E-state index contributed by atoms with van der Waals surface area (Å²) in [6.45, 7) is 3.01. The van der Waals surface area contributed by atoms with Gasteiger partial charge < -0.3 is 14.7 Å². The maximum absolute atomic E-state index is 12.6. The zero-order chi connectivity index (χ0) is 17.6. The van der Waals surface area contributed by atoms with Crippen LogP contribution in [-0.2, 0) is 11.3 Å². The van der Waals surface area contributed by atoms with Crippen molar-refractivity contribution in [1.82, 2.24) is 15.4 Å². The van der Waals surface area contributed by atoms with E-state index in [0.717, 1.165) is 18.4 Å². The summed E-state index contributed by atoms with van der Waals surface area (Å²) >= 11 is 12.7. The highest BCUT2D eigenvalue weighted by molar-refractivity contribution is 6.39. The van der Waals surface area contributed by atoms with Gasteiger partial charge in [0.25, 0.3) is 0 Å². The molecule has 0 radical (unpaired) electrons. The van der Waals surface area contributed by atoms with Crippen LogP contribution >= 0.6 is 35.6 Å².